The van der Waals surface area contributed by atoms with Crippen LogP contribution in [-0.2, 0) is 0 Å². The number of hydrogen-bond donors (Lipinski definition) is 2. The molecule has 1 rings (SSSR count). The summed E-state index contributed by atoms with van der Waals surface area (Å²) in [6, 6.07) is 0.389. The van der Waals surface area contributed by atoms with Gasteiger partial charge in [0.2, 0.25) is 0 Å². The first-order chi connectivity index (χ1) is 4.84. The fraction of sp³-hybridized carbons (Fsp3) is 1.00. The second-order valence-electron chi connectivity index (χ2n) is 3.06. The van der Waals surface area contributed by atoms with Crippen LogP contribution < -0.4 is 5.32 Å². The molecule has 1 fully saturated rings. The third kappa shape index (κ3) is 1.96. The lowest BCUT2D eigenvalue weighted by Gasteiger charge is -2.13. The zero-order valence-corrected chi connectivity index (χ0v) is 6.64. The Morgan fingerprint density at radius 1 is 1.60 bits per heavy atom. The second-order valence-corrected chi connectivity index (χ2v) is 3.06. The van der Waals surface area contributed by atoms with Crippen molar-refractivity contribution in [3.8, 4) is 0 Å². The van der Waals surface area contributed by atoms with Crippen LogP contribution in [0.25, 0.3) is 0 Å². The van der Waals surface area contributed by atoms with Crippen molar-refractivity contribution in [1.29, 1.82) is 0 Å². The van der Waals surface area contributed by atoms with Crippen molar-refractivity contribution in [3.05, 3.63) is 0 Å². The van der Waals surface area contributed by atoms with Gasteiger partial charge in [-0.1, -0.05) is 19.8 Å². The minimum atomic E-state index is -0.0773. The maximum absolute atomic E-state index is 9.35. The van der Waals surface area contributed by atoms with Crippen LogP contribution >= 0.6 is 0 Å². The molecule has 1 saturated heterocycles. The molecule has 2 heteroatoms. The number of rotatable bonds is 3. The maximum Gasteiger partial charge on any atom is 0.0705 e. The second kappa shape index (κ2) is 3.94. The third-order valence-electron chi connectivity index (χ3n) is 2.18. The van der Waals surface area contributed by atoms with Crippen LogP contribution in [0.3, 0.4) is 0 Å². The van der Waals surface area contributed by atoms with Crippen LogP contribution in [0, 0.1) is 0 Å². The molecule has 2 atom stereocenters. The number of nitrogens with one attached hydrogen (secondary N) is 1. The van der Waals surface area contributed by atoms with Crippen LogP contribution in [-0.4, -0.2) is 23.8 Å². The molecule has 0 aromatic carbocycles. The Morgan fingerprint density at radius 2 is 2.40 bits per heavy atom. The van der Waals surface area contributed by atoms with E-state index in [4.69, 9.17) is 0 Å². The van der Waals surface area contributed by atoms with E-state index >= 15 is 0 Å². The highest BCUT2D eigenvalue weighted by molar-refractivity contribution is 4.82. The SMILES string of the molecule is CCCCC1NCCC1O. The standard InChI is InChI=1S/C8H17NO/c1-2-3-4-7-8(10)5-6-9-7/h7-10H,2-6H2,1H3. The minimum absolute atomic E-state index is 0.0773. The van der Waals surface area contributed by atoms with Crippen molar-refractivity contribution in [1.82, 2.24) is 5.32 Å². The van der Waals surface area contributed by atoms with Gasteiger partial charge in [0.25, 0.3) is 0 Å². The van der Waals surface area contributed by atoms with E-state index in [0.29, 0.717) is 6.04 Å². The zero-order valence-electron chi connectivity index (χ0n) is 6.64. The molecule has 0 aliphatic carbocycles. The lowest BCUT2D eigenvalue weighted by Crippen LogP contribution is -2.29. The average Bonchev–Trinajstić information content (AvgIpc) is 2.31. The van der Waals surface area contributed by atoms with Crippen molar-refractivity contribution in [2.45, 2.75) is 44.8 Å². The number of aliphatic hydroxyl groups is 1. The smallest absolute Gasteiger partial charge is 0.0705 e. The number of aliphatic hydroxyl groups excluding tert-OH is 1. The molecule has 0 radical (unpaired) electrons. The van der Waals surface area contributed by atoms with Crippen LogP contribution in [0.2, 0.25) is 0 Å². The van der Waals surface area contributed by atoms with Crippen molar-refractivity contribution < 1.29 is 5.11 Å². The monoisotopic (exact) mass is 143 g/mol. The van der Waals surface area contributed by atoms with Gasteiger partial charge in [0.05, 0.1) is 6.10 Å². The van der Waals surface area contributed by atoms with Gasteiger partial charge in [0.1, 0.15) is 0 Å². The molecule has 0 bridgehead atoms. The van der Waals surface area contributed by atoms with E-state index in [-0.39, 0.29) is 6.10 Å². The van der Waals surface area contributed by atoms with Crippen molar-refractivity contribution in [2.75, 3.05) is 6.54 Å². The summed E-state index contributed by atoms with van der Waals surface area (Å²) in [4.78, 5) is 0. The molecular weight excluding hydrogens is 126 g/mol. The van der Waals surface area contributed by atoms with E-state index in [1.165, 1.54) is 12.8 Å². The van der Waals surface area contributed by atoms with E-state index in [9.17, 15) is 5.11 Å². The summed E-state index contributed by atoms with van der Waals surface area (Å²) < 4.78 is 0. The molecule has 0 aromatic heterocycles. The molecule has 1 aliphatic rings. The molecule has 0 amide bonds. The fourth-order valence-corrected chi connectivity index (χ4v) is 1.47. The predicted octanol–water partition coefficient (Wildman–Crippen LogP) is 0.899. The lowest BCUT2D eigenvalue weighted by atomic mass is 10.1. The van der Waals surface area contributed by atoms with Crippen LogP contribution in [0.15, 0.2) is 0 Å². The van der Waals surface area contributed by atoms with Gasteiger partial charge >= 0.3 is 0 Å². The molecule has 2 unspecified atom stereocenters. The summed E-state index contributed by atoms with van der Waals surface area (Å²) >= 11 is 0. The van der Waals surface area contributed by atoms with Gasteiger partial charge in [0, 0.05) is 6.04 Å². The van der Waals surface area contributed by atoms with E-state index in [0.717, 1.165) is 19.4 Å². The summed E-state index contributed by atoms with van der Waals surface area (Å²) in [7, 11) is 0. The van der Waals surface area contributed by atoms with Gasteiger partial charge in [0.15, 0.2) is 0 Å². The number of unbranched alkanes of at least 4 members (excludes halogenated alkanes) is 1. The van der Waals surface area contributed by atoms with Crippen LogP contribution in [0.5, 0.6) is 0 Å². The number of hydrogen-bond acceptors (Lipinski definition) is 2. The molecule has 1 aliphatic heterocycles. The minimum Gasteiger partial charge on any atom is -0.391 e. The van der Waals surface area contributed by atoms with Crippen molar-refractivity contribution in [3.63, 3.8) is 0 Å². The Bertz CT molecular complexity index is 95.3. The predicted molar refractivity (Wildman–Crippen MR) is 41.9 cm³/mol. The molecule has 2 N–H and O–H groups in total. The Morgan fingerprint density at radius 3 is 2.90 bits per heavy atom. The Hall–Kier alpha value is -0.0800. The Balaban J connectivity index is 2.14. The average molecular weight is 143 g/mol. The van der Waals surface area contributed by atoms with Gasteiger partial charge in [-0.05, 0) is 19.4 Å². The molecule has 10 heavy (non-hydrogen) atoms. The maximum atomic E-state index is 9.35. The first-order valence-electron chi connectivity index (χ1n) is 4.26. The molecule has 2 nitrogen and oxygen atoms in total. The highest BCUT2D eigenvalue weighted by atomic mass is 16.3. The Labute approximate surface area is 62.6 Å². The van der Waals surface area contributed by atoms with E-state index in [2.05, 4.69) is 12.2 Å². The van der Waals surface area contributed by atoms with E-state index in [1.54, 1.807) is 0 Å². The highest BCUT2D eigenvalue weighted by Gasteiger charge is 2.23. The fourth-order valence-electron chi connectivity index (χ4n) is 1.47. The van der Waals surface area contributed by atoms with Gasteiger partial charge in [-0.2, -0.15) is 0 Å². The van der Waals surface area contributed by atoms with Crippen molar-refractivity contribution in [2.24, 2.45) is 0 Å². The van der Waals surface area contributed by atoms with Gasteiger partial charge < -0.3 is 10.4 Å². The zero-order chi connectivity index (χ0) is 7.40. The summed E-state index contributed by atoms with van der Waals surface area (Å²) in [5.74, 6) is 0. The third-order valence-corrected chi connectivity index (χ3v) is 2.18. The van der Waals surface area contributed by atoms with Crippen molar-refractivity contribution >= 4 is 0 Å². The quantitative estimate of drug-likeness (QED) is 0.615. The summed E-state index contributed by atoms with van der Waals surface area (Å²) in [6.07, 6.45) is 4.46. The van der Waals surface area contributed by atoms with E-state index < -0.39 is 0 Å². The van der Waals surface area contributed by atoms with E-state index in [1.807, 2.05) is 0 Å². The topological polar surface area (TPSA) is 32.3 Å². The molecule has 0 spiro atoms. The normalized spacial score (nSPS) is 33.0. The Kier molecular flexibility index (Phi) is 3.16. The highest BCUT2D eigenvalue weighted by Crippen LogP contribution is 2.12. The molecule has 60 valence electrons. The first-order valence-corrected chi connectivity index (χ1v) is 4.26. The molecule has 0 aromatic rings. The summed E-state index contributed by atoms with van der Waals surface area (Å²) in [6.45, 7) is 3.18. The molecular formula is C8H17NO. The lowest BCUT2D eigenvalue weighted by molar-refractivity contribution is 0.154. The summed E-state index contributed by atoms with van der Waals surface area (Å²) in [5.41, 5.74) is 0. The first kappa shape index (κ1) is 8.02. The largest absolute Gasteiger partial charge is 0.391 e. The van der Waals surface area contributed by atoms with Gasteiger partial charge in [-0.3, -0.25) is 0 Å². The van der Waals surface area contributed by atoms with Gasteiger partial charge in [-0.15, -0.1) is 0 Å². The summed E-state index contributed by atoms with van der Waals surface area (Å²) in [5, 5.41) is 12.6. The van der Waals surface area contributed by atoms with Gasteiger partial charge in [-0.25, -0.2) is 0 Å². The van der Waals surface area contributed by atoms with Crippen LogP contribution in [0.1, 0.15) is 32.6 Å². The molecule has 0 saturated carbocycles. The molecule has 1 heterocycles. The van der Waals surface area contributed by atoms with Crippen LogP contribution in [0.4, 0.5) is 0 Å².